The largest absolute Gasteiger partial charge is 0.508 e. The fourth-order valence-corrected chi connectivity index (χ4v) is 3.88. The summed E-state index contributed by atoms with van der Waals surface area (Å²) in [7, 11) is 0. The zero-order chi connectivity index (χ0) is 18.7. The van der Waals surface area contributed by atoms with E-state index < -0.39 is 6.04 Å². The molecule has 0 bridgehead atoms. The molecule has 2 amide bonds. The van der Waals surface area contributed by atoms with E-state index >= 15 is 0 Å². The summed E-state index contributed by atoms with van der Waals surface area (Å²) < 4.78 is 0.331. The van der Waals surface area contributed by atoms with Gasteiger partial charge in [0, 0.05) is 5.69 Å². The van der Waals surface area contributed by atoms with Crippen molar-refractivity contribution in [2.45, 2.75) is 13.0 Å². The number of hydrogen-bond donors (Lipinski definition) is 2. The molecule has 1 aliphatic heterocycles. The van der Waals surface area contributed by atoms with Crippen LogP contribution in [0.1, 0.15) is 12.5 Å². The van der Waals surface area contributed by atoms with Crippen molar-refractivity contribution in [2.24, 2.45) is 0 Å². The topological polar surface area (TPSA) is 69.6 Å². The fraction of sp³-hybridized carbons (Fsp3) is 0.105. The molecule has 1 saturated heterocycles. The van der Waals surface area contributed by atoms with Crippen LogP contribution in [0.15, 0.2) is 59.5 Å². The number of nitrogens with zero attached hydrogens (tertiary/aromatic N) is 1. The molecule has 0 saturated carbocycles. The number of thiocarbonyl (C=S) groups is 1. The van der Waals surface area contributed by atoms with Crippen LogP contribution in [0.5, 0.6) is 5.75 Å². The van der Waals surface area contributed by atoms with Crippen molar-refractivity contribution in [3.63, 3.8) is 0 Å². The van der Waals surface area contributed by atoms with E-state index in [9.17, 15) is 14.7 Å². The lowest BCUT2D eigenvalue weighted by molar-refractivity contribution is -0.129. The number of anilines is 1. The van der Waals surface area contributed by atoms with Crippen molar-refractivity contribution in [1.82, 2.24) is 4.90 Å². The molecule has 0 aliphatic carbocycles. The fourth-order valence-electron chi connectivity index (χ4n) is 2.47. The van der Waals surface area contributed by atoms with E-state index in [-0.39, 0.29) is 17.6 Å². The number of thioether (sulfide) groups is 1. The number of para-hydroxylation sites is 1. The minimum Gasteiger partial charge on any atom is -0.508 e. The molecule has 0 radical (unpaired) electrons. The molecule has 2 aromatic carbocycles. The maximum Gasteiger partial charge on any atom is 0.266 e. The number of phenols is 1. The molecule has 1 fully saturated rings. The Labute approximate surface area is 160 Å². The number of nitrogens with one attached hydrogen (secondary N) is 1. The number of hydrogen-bond acceptors (Lipinski definition) is 5. The molecule has 3 rings (SSSR count). The second kappa shape index (κ2) is 7.72. The van der Waals surface area contributed by atoms with Crippen LogP contribution in [0.3, 0.4) is 0 Å². The third-order valence-electron chi connectivity index (χ3n) is 3.80. The second-order valence-corrected chi connectivity index (χ2v) is 7.35. The monoisotopic (exact) mass is 384 g/mol. The summed E-state index contributed by atoms with van der Waals surface area (Å²) in [4.78, 5) is 26.9. The first-order valence-corrected chi connectivity index (χ1v) is 9.10. The summed E-state index contributed by atoms with van der Waals surface area (Å²) in [6, 6.07) is 14.9. The highest BCUT2D eigenvalue weighted by atomic mass is 32.2. The van der Waals surface area contributed by atoms with Gasteiger partial charge < -0.3 is 10.4 Å². The summed E-state index contributed by atoms with van der Waals surface area (Å²) in [5.41, 5.74) is 1.34. The maximum atomic E-state index is 12.7. The van der Waals surface area contributed by atoms with Gasteiger partial charge in [0.1, 0.15) is 16.1 Å². The van der Waals surface area contributed by atoms with E-state index in [1.54, 1.807) is 49.4 Å². The zero-order valence-electron chi connectivity index (χ0n) is 13.9. The average Bonchev–Trinajstić information content (AvgIpc) is 2.88. The van der Waals surface area contributed by atoms with E-state index in [4.69, 9.17) is 12.2 Å². The minimum absolute atomic E-state index is 0.116. The van der Waals surface area contributed by atoms with Gasteiger partial charge in [-0.15, -0.1) is 0 Å². The van der Waals surface area contributed by atoms with Crippen LogP contribution >= 0.6 is 24.0 Å². The van der Waals surface area contributed by atoms with E-state index in [0.29, 0.717) is 20.5 Å². The molecule has 132 valence electrons. The highest BCUT2D eigenvalue weighted by Crippen LogP contribution is 2.34. The van der Waals surface area contributed by atoms with Crippen molar-refractivity contribution in [3.05, 3.63) is 65.1 Å². The maximum absolute atomic E-state index is 12.7. The molecule has 2 N–H and O–H groups in total. The van der Waals surface area contributed by atoms with Crippen LogP contribution in [0.2, 0.25) is 0 Å². The van der Waals surface area contributed by atoms with Crippen LogP contribution in [0, 0.1) is 0 Å². The minimum atomic E-state index is -0.738. The predicted octanol–water partition coefficient (Wildman–Crippen LogP) is 3.62. The Balaban J connectivity index is 1.77. The van der Waals surface area contributed by atoms with E-state index in [1.165, 1.54) is 4.90 Å². The standard InChI is InChI=1S/C19H16N2O3S2/c1-12(17(23)20-14-7-3-2-4-8-14)21-18(24)16(26-19(21)25)11-13-6-5-9-15(22)10-13/h2-12,22H,1H3,(H,20,23)/b16-11-. The molecule has 26 heavy (non-hydrogen) atoms. The van der Waals surface area contributed by atoms with Gasteiger partial charge in [-0.05, 0) is 42.8 Å². The van der Waals surface area contributed by atoms with Crippen molar-refractivity contribution in [2.75, 3.05) is 5.32 Å². The molecule has 0 spiro atoms. The second-order valence-electron chi connectivity index (χ2n) is 5.68. The highest BCUT2D eigenvalue weighted by molar-refractivity contribution is 8.26. The molecule has 5 nitrogen and oxygen atoms in total. The van der Waals surface area contributed by atoms with Crippen molar-refractivity contribution >= 4 is 51.9 Å². The predicted molar refractivity (Wildman–Crippen MR) is 108 cm³/mol. The van der Waals surface area contributed by atoms with Gasteiger partial charge in [-0.1, -0.05) is 54.3 Å². The first-order chi connectivity index (χ1) is 12.5. The number of rotatable bonds is 4. The van der Waals surface area contributed by atoms with E-state index in [1.807, 2.05) is 18.2 Å². The summed E-state index contributed by atoms with van der Waals surface area (Å²) in [6.45, 7) is 1.64. The van der Waals surface area contributed by atoms with Gasteiger partial charge in [-0.3, -0.25) is 14.5 Å². The number of carbonyl (C=O) groups is 2. The Kier molecular flexibility index (Phi) is 5.39. The number of aromatic hydroxyl groups is 1. The van der Waals surface area contributed by atoms with Crippen molar-refractivity contribution in [3.8, 4) is 5.75 Å². The molecule has 2 aromatic rings. The smallest absolute Gasteiger partial charge is 0.266 e. The van der Waals surface area contributed by atoms with Gasteiger partial charge in [0.25, 0.3) is 5.91 Å². The molecular formula is C19H16N2O3S2. The SMILES string of the molecule is CC(C(=O)Nc1ccccc1)N1C(=O)/C(=C/c2cccc(O)c2)SC1=S. The molecule has 1 unspecified atom stereocenters. The van der Waals surface area contributed by atoms with Crippen molar-refractivity contribution < 1.29 is 14.7 Å². The Bertz CT molecular complexity index is 897. The average molecular weight is 384 g/mol. The van der Waals surface area contributed by atoms with Gasteiger partial charge >= 0.3 is 0 Å². The quantitative estimate of drug-likeness (QED) is 0.622. The summed E-state index contributed by atoms with van der Waals surface area (Å²) in [6.07, 6.45) is 1.65. The molecule has 7 heteroatoms. The number of benzene rings is 2. The number of phenolic OH excluding ortho intramolecular Hbond substituents is 1. The van der Waals surface area contributed by atoms with Crippen LogP contribution in [-0.4, -0.2) is 32.2 Å². The lowest BCUT2D eigenvalue weighted by atomic mass is 10.2. The number of amides is 2. The van der Waals surface area contributed by atoms with Crippen LogP contribution in [0.25, 0.3) is 6.08 Å². The molecule has 1 atom stereocenters. The van der Waals surface area contributed by atoms with Gasteiger partial charge in [-0.2, -0.15) is 0 Å². The highest BCUT2D eigenvalue weighted by Gasteiger charge is 2.38. The summed E-state index contributed by atoms with van der Waals surface area (Å²) in [5, 5.41) is 12.3. The van der Waals surface area contributed by atoms with Crippen LogP contribution in [0.4, 0.5) is 5.69 Å². The van der Waals surface area contributed by atoms with Gasteiger partial charge in [0.2, 0.25) is 5.91 Å². The zero-order valence-corrected chi connectivity index (χ0v) is 15.5. The van der Waals surface area contributed by atoms with E-state index in [0.717, 1.165) is 11.8 Å². The van der Waals surface area contributed by atoms with E-state index in [2.05, 4.69) is 5.32 Å². The summed E-state index contributed by atoms with van der Waals surface area (Å²) in [5.74, 6) is -0.519. The Morgan fingerprint density at radius 2 is 1.96 bits per heavy atom. The third kappa shape index (κ3) is 3.95. The van der Waals surface area contributed by atoms with Gasteiger partial charge in [-0.25, -0.2) is 0 Å². The van der Waals surface area contributed by atoms with Gasteiger partial charge in [0.05, 0.1) is 4.91 Å². The van der Waals surface area contributed by atoms with Crippen LogP contribution < -0.4 is 5.32 Å². The van der Waals surface area contributed by atoms with Crippen LogP contribution in [-0.2, 0) is 9.59 Å². The Morgan fingerprint density at radius 1 is 1.23 bits per heavy atom. The Morgan fingerprint density at radius 3 is 2.65 bits per heavy atom. The molecular weight excluding hydrogens is 368 g/mol. The van der Waals surface area contributed by atoms with Gasteiger partial charge in [0.15, 0.2) is 0 Å². The Hall–Kier alpha value is -2.64. The normalized spacial score (nSPS) is 16.8. The first-order valence-electron chi connectivity index (χ1n) is 7.88. The number of carbonyl (C=O) groups excluding carboxylic acids is 2. The first kappa shape index (κ1) is 18.2. The molecule has 1 heterocycles. The molecule has 1 aliphatic rings. The summed E-state index contributed by atoms with van der Waals surface area (Å²) >= 11 is 6.44. The van der Waals surface area contributed by atoms with Crippen molar-refractivity contribution in [1.29, 1.82) is 0 Å². The molecule has 0 aromatic heterocycles. The lowest BCUT2D eigenvalue weighted by Gasteiger charge is -2.22. The lowest BCUT2D eigenvalue weighted by Crippen LogP contribution is -2.44. The third-order valence-corrected chi connectivity index (χ3v) is 5.13.